The molecule has 1 aromatic rings. The smallest absolute Gasteiger partial charge is 0.223 e. The van der Waals surface area contributed by atoms with Gasteiger partial charge >= 0.3 is 0 Å². The molecule has 0 spiro atoms. The van der Waals surface area contributed by atoms with Gasteiger partial charge < -0.3 is 15.0 Å². The van der Waals surface area contributed by atoms with Crippen LogP contribution < -0.4 is 10.1 Å². The maximum Gasteiger partial charge on any atom is 0.223 e. The van der Waals surface area contributed by atoms with Gasteiger partial charge in [0.05, 0.1) is 7.11 Å². The second-order valence-electron chi connectivity index (χ2n) is 6.14. The van der Waals surface area contributed by atoms with Gasteiger partial charge in [-0.05, 0) is 37.8 Å². The minimum absolute atomic E-state index is 0.0185. The van der Waals surface area contributed by atoms with Crippen molar-refractivity contribution in [3.63, 3.8) is 0 Å². The first-order valence-electron chi connectivity index (χ1n) is 8.18. The number of likely N-dealkylation sites (tertiary alicyclic amines) is 1. The maximum atomic E-state index is 12.2. The summed E-state index contributed by atoms with van der Waals surface area (Å²) < 4.78 is 5.36. The molecule has 0 aliphatic carbocycles. The lowest BCUT2D eigenvalue weighted by atomic mass is 9.96. The first-order chi connectivity index (χ1) is 11.0. The van der Waals surface area contributed by atoms with E-state index in [1.165, 1.54) is 5.56 Å². The Hall–Kier alpha value is -2.04. The van der Waals surface area contributed by atoms with E-state index in [9.17, 15) is 9.59 Å². The van der Waals surface area contributed by atoms with E-state index < -0.39 is 0 Å². The fourth-order valence-electron chi connectivity index (χ4n) is 3.02. The third-order valence-electron chi connectivity index (χ3n) is 4.44. The zero-order valence-corrected chi connectivity index (χ0v) is 14.2. The van der Waals surface area contributed by atoms with Crippen LogP contribution in [-0.2, 0) is 16.0 Å². The summed E-state index contributed by atoms with van der Waals surface area (Å²) in [7, 11) is 1.66. The number of hydrogen-bond acceptors (Lipinski definition) is 3. The van der Waals surface area contributed by atoms with Crippen molar-refractivity contribution in [1.82, 2.24) is 10.2 Å². The second-order valence-corrected chi connectivity index (χ2v) is 6.14. The summed E-state index contributed by atoms with van der Waals surface area (Å²) >= 11 is 0. The van der Waals surface area contributed by atoms with Gasteiger partial charge in [0.2, 0.25) is 11.8 Å². The van der Waals surface area contributed by atoms with Crippen molar-refractivity contribution in [1.29, 1.82) is 0 Å². The molecule has 1 fully saturated rings. The SMILES string of the molecule is COc1ccc(C)cc1CCNC(=O)C1CCN(C(C)=O)CC1. The lowest BCUT2D eigenvalue weighted by Crippen LogP contribution is -2.42. The summed E-state index contributed by atoms with van der Waals surface area (Å²) in [6, 6.07) is 6.07. The Morgan fingerprint density at radius 1 is 1.30 bits per heavy atom. The average molecular weight is 318 g/mol. The van der Waals surface area contributed by atoms with E-state index in [4.69, 9.17) is 4.74 Å². The summed E-state index contributed by atoms with van der Waals surface area (Å²) in [6.45, 7) is 5.59. The number of amides is 2. The molecule has 126 valence electrons. The van der Waals surface area contributed by atoms with E-state index in [0.29, 0.717) is 19.6 Å². The molecule has 1 N–H and O–H groups in total. The molecule has 5 heteroatoms. The van der Waals surface area contributed by atoms with E-state index in [0.717, 1.165) is 30.6 Å². The van der Waals surface area contributed by atoms with E-state index in [1.807, 2.05) is 19.1 Å². The van der Waals surface area contributed by atoms with Crippen molar-refractivity contribution in [2.45, 2.75) is 33.1 Å². The van der Waals surface area contributed by atoms with Gasteiger partial charge in [0, 0.05) is 32.5 Å². The van der Waals surface area contributed by atoms with Gasteiger partial charge in [-0.3, -0.25) is 9.59 Å². The Kier molecular flexibility index (Phi) is 6.02. The summed E-state index contributed by atoms with van der Waals surface area (Å²) in [5.74, 6) is 1.07. The minimum atomic E-state index is 0.0185. The van der Waals surface area contributed by atoms with Crippen LogP contribution in [0.4, 0.5) is 0 Å². The zero-order chi connectivity index (χ0) is 16.8. The Morgan fingerprint density at radius 3 is 2.61 bits per heavy atom. The third kappa shape index (κ3) is 4.71. The number of piperidine rings is 1. The number of rotatable bonds is 5. The molecule has 0 aromatic heterocycles. The van der Waals surface area contributed by atoms with Gasteiger partial charge in [0.15, 0.2) is 0 Å². The van der Waals surface area contributed by atoms with E-state index in [1.54, 1.807) is 18.9 Å². The number of hydrogen-bond donors (Lipinski definition) is 1. The molecule has 1 aliphatic rings. The summed E-state index contributed by atoms with van der Waals surface area (Å²) in [4.78, 5) is 25.4. The molecule has 0 radical (unpaired) electrons. The molecule has 1 aromatic carbocycles. The Bertz CT molecular complexity index is 563. The summed E-state index contributed by atoms with van der Waals surface area (Å²) in [5, 5.41) is 3.02. The standard InChI is InChI=1S/C18H26N2O3/c1-13-4-5-17(23-3)16(12-13)6-9-19-18(22)15-7-10-20(11-8-15)14(2)21/h4-5,12,15H,6-11H2,1-3H3,(H,19,22). The number of aryl methyl sites for hydroxylation is 1. The highest BCUT2D eigenvalue weighted by atomic mass is 16.5. The predicted octanol–water partition coefficient (Wildman–Crippen LogP) is 1.92. The normalized spacial score (nSPS) is 15.3. The lowest BCUT2D eigenvalue weighted by molar-refractivity contribution is -0.133. The van der Waals surface area contributed by atoms with E-state index in [2.05, 4.69) is 11.4 Å². The zero-order valence-electron chi connectivity index (χ0n) is 14.2. The van der Waals surface area contributed by atoms with Crippen LogP contribution in [0.2, 0.25) is 0 Å². The molecule has 0 saturated carbocycles. The van der Waals surface area contributed by atoms with Crippen LogP contribution in [0.25, 0.3) is 0 Å². The van der Waals surface area contributed by atoms with Crippen molar-refractivity contribution in [2.75, 3.05) is 26.7 Å². The molecular weight excluding hydrogens is 292 g/mol. The van der Waals surface area contributed by atoms with Crippen molar-refractivity contribution >= 4 is 11.8 Å². The number of nitrogens with one attached hydrogen (secondary N) is 1. The highest BCUT2D eigenvalue weighted by Crippen LogP contribution is 2.20. The quantitative estimate of drug-likeness (QED) is 0.902. The van der Waals surface area contributed by atoms with E-state index in [-0.39, 0.29) is 17.7 Å². The Labute approximate surface area is 138 Å². The van der Waals surface area contributed by atoms with Gasteiger partial charge in [0.25, 0.3) is 0 Å². The third-order valence-corrected chi connectivity index (χ3v) is 4.44. The largest absolute Gasteiger partial charge is 0.496 e. The highest BCUT2D eigenvalue weighted by Gasteiger charge is 2.25. The monoisotopic (exact) mass is 318 g/mol. The summed E-state index contributed by atoms with van der Waals surface area (Å²) in [5.41, 5.74) is 2.29. The molecule has 1 aliphatic heterocycles. The molecule has 23 heavy (non-hydrogen) atoms. The number of carbonyl (C=O) groups excluding carboxylic acids is 2. The number of nitrogens with zero attached hydrogens (tertiary/aromatic N) is 1. The molecule has 2 rings (SSSR count). The molecule has 0 atom stereocenters. The average Bonchev–Trinajstić information content (AvgIpc) is 2.55. The molecule has 0 unspecified atom stereocenters. The topological polar surface area (TPSA) is 58.6 Å². The fourth-order valence-corrected chi connectivity index (χ4v) is 3.02. The van der Waals surface area contributed by atoms with Gasteiger partial charge in [-0.1, -0.05) is 17.7 Å². The van der Waals surface area contributed by atoms with Gasteiger partial charge in [-0.2, -0.15) is 0 Å². The van der Waals surface area contributed by atoms with Crippen molar-refractivity contribution < 1.29 is 14.3 Å². The van der Waals surface area contributed by atoms with E-state index >= 15 is 0 Å². The lowest BCUT2D eigenvalue weighted by Gasteiger charge is -2.30. The number of methoxy groups -OCH3 is 1. The predicted molar refractivity (Wildman–Crippen MR) is 89.4 cm³/mol. The van der Waals surface area contributed by atoms with Crippen LogP contribution in [0.3, 0.4) is 0 Å². The van der Waals surface area contributed by atoms with Crippen LogP contribution in [-0.4, -0.2) is 43.5 Å². The van der Waals surface area contributed by atoms with Crippen molar-refractivity contribution in [2.24, 2.45) is 5.92 Å². The van der Waals surface area contributed by atoms with Crippen LogP contribution in [0.5, 0.6) is 5.75 Å². The Balaban J connectivity index is 1.79. The van der Waals surface area contributed by atoms with Crippen LogP contribution >= 0.6 is 0 Å². The second kappa shape index (κ2) is 7.99. The molecule has 1 saturated heterocycles. The molecule has 1 heterocycles. The maximum absolute atomic E-state index is 12.2. The molecule has 0 bridgehead atoms. The molecule has 5 nitrogen and oxygen atoms in total. The minimum Gasteiger partial charge on any atom is -0.496 e. The molecule has 2 amide bonds. The highest BCUT2D eigenvalue weighted by molar-refractivity contribution is 5.79. The van der Waals surface area contributed by atoms with Gasteiger partial charge in [-0.15, -0.1) is 0 Å². The van der Waals surface area contributed by atoms with Gasteiger partial charge in [0.1, 0.15) is 5.75 Å². The van der Waals surface area contributed by atoms with Crippen molar-refractivity contribution in [3.8, 4) is 5.75 Å². The summed E-state index contributed by atoms with van der Waals surface area (Å²) in [6.07, 6.45) is 2.25. The Morgan fingerprint density at radius 2 is 2.00 bits per heavy atom. The first kappa shape index (κ1) is 17.3. The van der Waals surface area contributed by atoms with Gasteiger partial charge in [-0.25, -0.2) is 0 Å². The number of benzene rings is 1. The molecular formula is C18H26N2O3. The fraction of sp³-hybridized carbons (Fsp3) is 0.556. The van der Waals surface area contributed by atoms with Crippen LogP contribution in [0.15, 0.2) is 18.2 Å². The number of ether oxygens (including phenoxy) is 1. The van der Waals surface area contributed by atoms with Crippen molar-refractivity contribution in [3.05, 3.63) is 29.3 Å². The van der Waals surface area contributed by atoms with Crippen LogP contribution in [0.1, 0.15) is 30.9 Å². The van der Waals surface area contributed by atoms with Crippen LogP contribution in [0, 0.1) is 12.8 Å². The first-order valence-corrected chi connectivity index (χ1v) is 8.18. The number of carbonyl (C=O) groups is 2.